The fourth-order valence-electron chi connectivity index (χ4n) is 3.62. The molecule has 1 fully saturated rings. The number of ketones is 1. The van der Waals surface area contributed by atoms with E-state index in [0.29, 0.717) is 16.9 Å². The van der Waals surface area contributed by atoms with Gasteiger partial charge in [0.1, 0.15) is 23.1 Å². The largest absolute Gasteiger partial charge is 0.508 e. The Morgan fingerprint density at radius 1 is 1.00 bits per heavy atom. The molecule has 0 aliphatic carbocycles. The Morgan fingerprint density at radius 3 is 2.39 bits per heavy atom. The van der Waals surface area contributed by atoms with Crippen molar-refractivity contribution >= 4 is 23.1 Å². The first-order valence-electron chi connectivity index (χ1n) is 9.40. The SMILES string of the molecule is COc1cccc(/C(O)=C2\C(=O)C(=O)N(c3cccc(F)c3)C2c2ccc(O)cc2)c1. The van der Waals surface area contributed by atoms with Gasteiger partial charge in [-0.3, -0.25) is 14.5 Å². The fraction of sp³-hybridized carbons (Fsp3) is 0.0833. The Labute approximate surface area is 177 Å². The van der Waals surface area contributed by atoms with Crippen LogP contribution in [0.2, 0.25) is 0 Å². The van der Waals surface area contributed by atoms with Crippen molar-refractivity contribution in [2.24, 2.45) is 0 Å². The van der Waals surface area contributed by atoms with E-state index in [2.05, 4.69) is 0 Å². The molecule has 1 aliphatic heterocycles. The van der Waals surface area contributed by atoms with Gasteiger partial charge in [0.05, 0.1) is 18.7 Å². The third-order valence-corrected chi connectivity index (χ3v) is 5.08. The molecule has 1 heterocycles. The minimum atomic E-state index is -1.02. The molecular weight excluding hydrogens is 401 g/mol. The molecule has 6 nitrogen and oxygen atoms in total. The highest BCUT2D eigenvalue weighted by atomic mass is 19.1. The quantitative estimate of drug-likeness (QED) is 0.377. The molecule has 4 rings (SSSR count). The van der Waals surface area contributed by atoms with Crippen molar-refractivity contribution in [2.75, 3.05) is 12.0 Å². The maximum atomic E-state index is 13.9. The number of nitrogens with zero attached hydrogens (tertiary/aromatic N) is 1. The molecular formula is C24H18FNO5. The number of aliphatic hydroxyl groups excluding tert-OH is 1. The zero-order chi connectivity index (χ0) is 22.1. The third kappa shape index (κ3) is 3.61. The number of amides is 1. The number of carbonyl (C=O) groups excluding carboxylic acids is 2. The van der Waals surface area contributed by atoms with Gasteiger partial charge in [0.15, 0.2) is 0 Å². The summed E-state index contributed by atoms with van der Waals surface area (Å²) in [5.74, 6) is -2.29. The first-order chi connectivity index (χ1) is 14.9. The number of halogens is 1. The molecule has 1 amide bonds. The molecule has 31 heavy (non-hydrogen) atoms. The molecule has 0 radical (unpaired) electrons. The highest BCUT2D eigenvalue weighted by Gasteiger charge is 2.47. The molecule has 3 aromatic carbocycles. The van der Waals surface area contributed by atoms with Gasteiger partial charge in [-0.2, -0.15) is 0 Å². The van der Waals surface area contributed by atoms with E-state index in [0.717, 1.165) is 11.0 Å². The van der Waals surface area contributed by atoms with E-state index < -0.39 is 23.5 Å². The van der Waals surface area contributed by atoms with Crippen LogP contribution in [-0.4, -0.2) is 29.0 Å². The summed E-state index contributed by atoms with van der Waals surface area (Å²) >= 11 is 0. The van der Waals surface area contributed by atoms with E-state index in [9.17, 15) is 24.2 Å². The average molecular weight is 419 g/mol. The second-order valence-corrected chi connectivity index (χ2v) is 6.97. The van der Waals surface area contributed by atoms with Crippen molar-refractivity contribution in [3.63, 3.8) is 0 Å². The molecule has 1 unspecified atom stereocenters. The number of Topliss-reactive ketones (excluding diaryl/α,β-unsaturated/α-hetero) is 1. The van der Waals surface area contributed by atoms with Crippen molar-refractivity contribution in [3.8, 4) is 11.5 Å². The molecule has 0 bridgehead atoms. The summed E-state index contributed by atoms with van der Waals surface area (Å²) in [6.45, 7) is 0. The van der Waals surface area contributed by atoms with Gasteiger partial charge >= 0.3 is 0 Å². The maximum absolute atomic E-state index is 13.9. The maximum Gasteiger partial charge on any atom is 0.300 e. The summed E-state index contributed by atoms with van der Waals surface area (Å²) in [6.07, 6.45) is 0. The normalized spacial score (nSPS) is 17.7. The lowest BCUT2D eigenvalue weighted by atomic mass is 9.95. The van der Waals surface area contributed by atoms with Gasteiger partial charge in [-0.15, -0.1) is 0 Å². The molecule has 0 aromatic heterocycles. The molecule has 7 heteroatoms. The molecule has 2 N–H and O–H groups in total. The first kappa shape index (κ1) is 20.2. The van der Waals surface area contributed by atoms with Crippen molar-refractivity contribution in [1.29, 1.82) is 0 Å². The van der Waals surface area contributed by atoms with Crippen LogP contribution in [0.1, 0.15) is 17.2 Å². The standard InChI is InChI=1S/C24H18FNO5/c1-31-19-7-2-4-15(12-19)22(28)20-21(14-8-10-18(27)11-9-14)26(24(30)23(20)29)17-6-3-5-16(25)13-17/h2-13,21,27-28H,1H3/b22-20+. The number of anilines is 1. The highest BCUT2D eigenvalue weighted by Crippen LogP contribution is 2.42. The van der Waals surface area contributed by atoms with Gasteiger partial charge < -0.3 is 14.9 Å². The van der Waals surface area contributed by atoms with Gasteiger partial charge in [0.2, 0.25) is 0 Å². The zero-order valence-electron chi connectivity index (χ0n) is 16.4. The predicted octanol–water partition coefficient (Wildman–Crippen LogP) is 4.17. The van der Waals surface area contributed by atoms with Crippen LogP contribution < -0.4 is 9.64 Å². The molecule has 1 saturated heterocycles. The molecule has 156 valence electrons. The van der Waals surface area contributed by atoms with E-state index >= 15 is 0 Å². The van der Waals surface area contributed by atoms with Crippen LogP contribution in [0.3, 0.4) is 0 Å². The fourth-order valence-corrected chi connectivity index (χ4v) is 3.62. The van der Waals surface area contributed by atoms with Crippen LogP contribution in [0.4, 0.5) is 10.1 Å². The lowest BCUT2D eigenvalue weighted by Gasteiger charge is -2.25. The van der Waals surface area contributed by atoms with Gasteiger partial charge in [-0.05, 0) is 48.0 Å². The predicted molar refractivity (Wildman–Crippen MR) is 112 cm³/mol. The number of methoxy groups -OCH3 is 1. The van der Waals surface area contributed by atoms with Crippen LogP contribution in [-0.2, 0) is 9.59 Å². The monoisotopic (exact) mass is 419 g/mol. The second-order valence-electron chi connectivity index (χ2n) is 6.97. The van der Waals surface area contributed by atoms with Crippen LogP contribution in [0.5, 0.6) is 11.5 Å². The van der Waals surface area contributed by atoms with E-state index in [-0.39, 0.29) is 22.8 Å². The number of ether oxygens (including phenoxy) is 1. The summed E-state index contributed by atoms with van der Waals surface area (Å²) in [6, 6.07) is 16.6. The Morgan fingerprint density at radius 2 is 1.71 bits per heavy atom. The number of hydrogen-bond donors (Lipinski definition) is 2. The number of benzene rings is 3. The summed E-state index contributed by atoms with van der Waals surface area (Å²) in [7, 11) is 1.47. The second kappa shape index (κ2) is 7.95. The summed E-state index contributed by atoms with van der Waals surface area (Å²) in [4.78, 5) is 27.1. The van der Waals surface area contributed by atoms with Gasteiger partial charge in [-0.25, -0.2) is 4.39 Å². The van der Waals surface area contributed by atoms with Crippen LogP contribution in [0.15, 0.2) is 78.4 Å². The number of aliphatic hydroxyl groups is 1. The van der Waals surface area contributed by atoms with Crippen molar-refractivity contribution in [1.82, 2.24) is 0 Å². The number of rotatable bonds is 4. The zero-order valence-corrected chi connectivity index (χ0v) is 16.4. The van der Waals surface area contributed by atoms with E-state index in [1.807, 2.05) is 0 Å². The van der Waals surface area contributed by atoms with E-state index in [1.165, 1.54) is 49.6 Å². The Balaban J connectivity index is 1.95. The minimum absolute atomic E-state index is 0.000692. The molecule has 0 spiro atoms. The topological polar surface area (TPSA) is 87.1 Å². The van der Waals surface area contributed by atoms with E-state index in [1.54, 1.807) is 24.3 Å². The summed E-state index contributed by atoms with van der Waals surface area (Å²) in [5.41, 5.74) is 0.782. The summed E-state index contributed by atoms with van der Waals surface area (Å²) in [5, 5.41) is 20.7. The Hall–Kier alpha value is -4.13. The smallest absolute Gasteiger partial charge is 0.300 e. The van der Waals surface area contributed by atoms with Gasteiger partial charge in [-0.1, -0.05) is 30.3 Å². The number of aromatic hydroxyl groups is 1. The van der Waals surface area contributed by atoms with Gasteiger partial charge in [0, 0.05) is 11.3 Å². The lowest BCUT2D eigenvalue weighted by Crippen LogP contribution is -2.29. The van der Waals surface area contributed by atoms with Gasteiger partial charge in [0.25, 0.3) is 11.7 Å². The molecule has 3 aromatic rings. The number of phenols is 1. The molecule has 1 atom stereocenters. The number of carbonyl (C=O) groups is 2. The van der Waals surface area contributed by atoms with Crippen molar-refractivity contribution in [2.45, 2.75) is 6.04 Å². The Kier molecular flexibility index (Phi) is 5.17. The Bertz CT molecular complexity index is 1200. The number of hydrogen-bond acceptors (Lipinski definition) is 5. The average Bonchev–Trinajstić information content (AvgIpc) is 3.04. The third-order valence-electron chi connectivity index (χ3n) is 5.08. The lowest BCUT2D eigenvalue weighted by molar-refractivity contribution is -0.132. The van der Waals surface area contributed by atoms with Crippen LogP contribution >= 0.6 is 0 Å². The van der Waals surface area contributed by atoms with Crippen LogP contribution in [0.25, 0.3) is 5.76 Å². The minimum Gasteiger partial charge on any atom is -0.508 e. The number of phenolic OH excluding ortho intramolecular Hbond substituents is 1. The van der Waals surface area contributed by atoms with Crippen molar-refractivity contribution in [3.05, 3.63) is 95.3 Å². The van der Waals surface area contributed by atoms with E-state index in [4.69, 9.17) is 4.74 Å². The van der Waals surface area contributed by atoms with Crippen molar-refractivity contribution < 1.29 is 28.9 Å². The molecule has 0 saturated carbocycles. The molecule has 1 aliphatic rings. The highest BCUT2D eigenvalue weighted by molar-refractivity contribution is 6.51. The first-order valence-corrected chi connectivity index (χ1v) is 9.40. The summed E-state index contributed by atoms with van der Waals surface area (Å²) < 4.78 is 19.1. The van der Waals surface area contributed by atoms with Crippen LogP contribution in [0, 0.1) is 5.82 Å².